The molecule has 0 saturated heterocycles. The second-order valence-corrected chi connectivity index (χ2v) is 9.66. The first-order valence-electron chi connectivity index (χ1n) is 10.8. The molecule has 3 aromatic rings. The molecule has 3 rings (SSSR count). The quantitative estimate of drug-likeness (QED) is 0.407. The van der Waals surface area contributed by atoms with Gasteiger partial charge in [0.15, 0.2) is 11.5 Å². The minimum Gasteiger partial charge on any atom is -0.494 e. The minimum absolute atomic E-state index is 0.0171. The van der Waals surface area contributed by atoms with Crippen molar-refractivity contribution in [2.24, 2.45) is 0 Å². The number of methoxy groups -OCH3 is 2. The number of amides is 1. The summed E-state index contributed by atoms with van der Waals surface area (Å²) in [6.45, 7) is 2.09. The number of nitrogens with one attached hydrogen (secondary N) is 1. The summed E-state index contributed by atoms with van der Waals surface area (Å²) >= 11 is 5.93. The molecule has 0 radical (unpaired) electrons. The van der Waals surface area contributed by atoms with Crippen LogP contribution >= 0.6 is 11.6 Å². The van der Waals surface area contributed by atoms with Gasteiger partial charge in [0, 0.05) is 11.6 Å². The highest BCUT2D eigenvalue weighted by Gasteiger charge is 2.27. The van der Waals surface area contributed by atoms with Crippen LogP contribution < -0.4 is 23.8 Å². The SMILES string of the molecule is CCOc1ccc(N(CC(=O)NCc2ccc(OC)c(OC)c2)S(=O)(=O)c2ccc(Cl)cc2)cc1. The third-order valence-corrected chi connectivity index (χ3v) is 7.10. The summed E-state index contributed by atoms with van der Waals surface area (Å²) < 4.78 is 43.9. The molecule has 0 atom stereocenters. The molecule has 0 fully saturated rings. The Hall–Kier alpha value is -3.43. The summed E-state index contributed by atoms with van der Waals surface area (Å²) in [6, 6.07) is 17.6. The van der Waals surface area contributed by atoms with E-state index in [4.69, 9.17) is 25.8 Å². The Labute approximate surface area is 210 Å². The summed E-state index contributed by atoms with van der Waals surface area (Å²) in [5.74, 6) is 1.21. The predicted octanol–water partition coefficient (Wildman–Crippen LogP) is 4.27. The molecule has 0 spiro atoms. The molecule has 0 aliphatic rings. The minimum atomic E-state index is -4.06. The van der Waals surface area contributed by atoms with Gasteiger partial charge in [0.2, 0.25) is 5.91 Å². The molecule has 0 saturated carbocycles. The average molecular weight is 519 g/mol. The number of benzene rings is 3. The van der Waals surface area contributed by atoms with Crippen molar-refractivity contribution in [3.05, 3.63) is 77.3 Å². The third-order valence-electron chi connectivity index (χ3n) is 5.06. The van der Waals surface area contributed by atoms with E-state index in [1.165, 1.54) is 38.5 Å². The molecule has 0 aliphatic heterocycles. The summed E-state index contributed by atoms with van der Waals surface area (Å²) in [4.78, 5) is 12.9. The second kappa shape index (κ2) is 11.8. The van der Waals surface area contributed by atoms with Crippen molar-refractivity contribution >= 4 is 33.2 Å². The van der Waals surface area contributed by atoms with Gasteiger partial charge in [0.25, 0.3) is 10.0 Å². The Morgan fingerprint density at radius 1 is 0.943 bits per heavy atom. The lowest BCUT2D eigenvalue weighted by molar-refractivity contribution is -0.119. The maximum atomic E-state index is 13.5. The Balaban J connectivity index is 1.83. The lowest BCUT2D eigenvalue weighted by Gasteiger charge is -2.24. The number of halogens is 1. The van der Waals surface area contributed by atoms with E-state index in [1.54, 1.807) is 42.5 Å². The van der Waals surface area contributed by atoms with Gasteiger partial charge >= 0.3 is 0 Å². The second-order valence-electron chi connectivity index (χ2n) is 7.36. The molecule has 0 bridgehead atoms. The number of carbonyl (C=O) groups excluding carboxylic acids is 1. The number of hydrogen-bond donors (Lipinski definition) is 1. The van der Waals surface area contributed by atoms with Crippen molar-refractivity contribution in [3.63, 3.8) is 0 Å². The number of carbonyl (C=O) groups is 1. The van der Waals surface area contributed by atoms with Gasteiger partial charge in [-0.15, -0.1) is 0 Å². The van der Waals surface area contributed by atoms with Gasteiger partial charge in [-0.2, -0.15) is 0 Å². The molecular formula is C25H27ClN2O6S. The van der Waals surface area contributed by atoms with Crippen LogP contribution in [0.5, 0.6) is 17.2 Å². The fourth-order valence-corrected chi connectivity index (χ4v) is 4.85. The Kier molecular flexibility index (Phi) is 8.84. The first-order valence-corrected chi connectivity index (χ1v) is 12.6. The van der Waals surface area contributed by atoms with E-state index in [2.05, 4.69) is 5.32 Å². The zero-order valence-corrected chi connectivity index (χ0v) is 21.2. The van der Waals surface area contributed by atoms with Crippen LogP contribution in [0.1, 0.15) is 12.5 Å². The third kappa shape index (κ3) is 6.58. The summed E-state index contributed by atoms with van der Waals surface area (Å²) in [5.41, 5.74) is 1.09. The Bertz CT molecular complexity index is 1250. The highest BCUT2D eigenvalue weighted by atomic mass is 35.5. The normalized spacial score (nSPS) is 11.0. The van der Waals surface area contributed by atoms with Gasteiger partial charge in [0.1, 0.15) is 12.3 Å². The number of hydrogen-bond acceptors (Lipinski definition) is 6. The van der Waals surface area contributed by atoms with Gasteiger partial charge in [-0.05, 0) is 73.2 Å². The van der Waals surface area contributed by atoms with E-state index in [1.807, 2.05) is 6.92 Å². The van der Waals surface area contributed by atoms with Crippen LogP contribution in [0.15, 0.2) is 71.6 Å². The van der Waals surface area contributed by atoms with E-state index in [9.17, 15) is 13.2 Å². The number of anilines is 1. The topological polar surface area (TPSA) is 94.2 Å². The molecule has 10 heteroatoms. The fraction of sp³-hybridized carbons (Fsp3) is 0.240. The van der Waals surface area contributed by atoms with Crippen molar-refractivity contribution in [3.8, 4) is 17.2 Å². The maximum Gasteiger partial charge on any atom is 0.264 e. The first-order chi connectivity index (χ1) is 16.8. The molecule has 0 aromatic heterocycles. The lowest BCUT2D eigenvalue weighted by atomic mass is 10.2. The van der Waals surface area contributed by atoms with E-state index >= 15 is 0 Å². The number of nitrogens with zero attached hydrogens (tertiary/aromatic N) is 1. The largest absolute Gasteiger partial charge is 0.494 e. The van der Waals surface area contributed by atoms with Gasteiger partial charge in [-0.1, -0.05) is 17.7 Å². The molecule has 186 valence electrons. The van der Waals surface area contributed by atoms with Crippen LogP contribution in [-0.4, -0.2) is 41.7 Å². The molecule has 0 aliphatic carbocycles. The lowest BCUT2D eigenvalue weighted by Crippen LogP contribution is -2.40. The number of ether oxygens (including phenoxy) is 3. The summed E-state index contributed by atoms with van der Waals surface area (Å²) in [5, 5.41) is 3.17. The predicted molar refractivity (Wildman–Crippen MR) is 135 cm³/mol. The molecule has 0 heterocycles. The van der Waals surface area contributed by atoms with Crippen LogP contribution in [0.4, 0.5) is 5.69 Å². The van der Waals surface area contributed by atoms with Crippen LogP contribution in [-0.2, 0) is 21.4 Å². The number of sulfonamides is 1. The zero-order valence-electron chi connectivity index (χ0n) is 19.7. The van der Waals surface area contributed by atoms with Crippen LogP contribution in [0.3, 0.4) is 0 Å². The molecule has 1 amide bonds. The highest BCUT2D eigenvalue weighted by Crippen LogP contribution is 2.28. The van der Waals surface area contributed by atoms with Gasteiger partial charge < -0.3 is 19.5 Å². The van der Waals surface area contributed by atoms with Crippen molar-refractivity contribution in [2.45, 2.75) is 18.4 Å². The molecule has 8 nitrogen and oxygen atoms in total. The van der Waals surface area contributed by atoms with E-state index < -0.39 is 22.5 Å². The average Bonchev–Trinajstić information content (AvgIpc) is 2.86. The van der Waals surface area contributed by atoms with E-state index in [0.717, 1.165) is 9.87 Å². The standard InChI is InChI=1S/C25H27ClN2O6S/c1-4-34-21-10-8-20(9-11-21)28(35(30,31)22-12-6-19(26)7-13-22)17-25(29)27-16-18-5-14-23(32-2)24(15-18)33-3/h5-15H,4,16-17H2,1-3H3,(H,27,29). The maximum absolute atomic E-state index is 13.5. The monoisotopic (exact) mass is 518 g/mol. The summed E-state index contributed by atoms with van der Waals surface area (Å²) in [6.07, 6.45) is 0. The molecule has 0 unspecified atom stereocenters. The van der Waals surface area contributed by atoms with Gasteiger partial charge in [-0.3, -0.25) is 9.10 Å². The molecule has 1 N–H and O–H groups in total. The Morgan fingerprint density at radius 3 is 2.20 bits per heavy atom. The molecule has 3 aromatic carbocycles. The Morgan fingerprint density at radius 2 is 1.60 bits per heavy atom. The zero-order chi connectivity index (χ0) is 25.4. The van der Waals surface area contributed by atoms with Gasteiger partial charge in [-0.25, -0.2) is 8.42 Å². The van der Waals surface area contributed by atoms with Crippen LogP contribution in [0, 0.1) is 0 Å². The van der Waals surface area contributed by atoms with Crippen molar-refractivity contribution in [1.29, 1.82) is 0 Å². The van der Waals surface area contributed by atoms with Crippen molar-refractivity contribution < 1.29 is 27.4 Å². The van der Waals surface area contributed by atoms with E-state index in [-0.39, 0.29) is 11.4 Å². The molecule has 35 heavy (non-hydrogen) atoms. The van der Waals surface area contributed by atoms with Gasteiger partial charge in [0.05, 0.1) is 31.4 Å². The summed E-state index contributed by atoms with van der Waals surface area (Å²) in [7, 11) is -0.995. The van der Waals surface area contributed by atoms with Crippen molar-refractivity contribution in [1.82, 2.24) is 5.32 Å². The first kappa shape index (κ1) is 26.2. The van der Waals surface area contributed by atoms with E-state index in [0.29, 0.717) is 34.6 Å². The van der Waals surface area contributed by atoms with Crippen LogP contribution in [0.25, 0.3) is 0 Å². The van der Waals surface area contributed by atoms with Crippen molar-refractivity contribution in [2.75, 3.05) is 31.7 Å². The highest BCUT2D eigenvalue weighted by molar-refractivity contribution is 7.92. The smallest absolute Gasteiger partial charge is 0.264 e. The number of rotatable bonds is 11. The fourth-order valence-electron chi connectivity index (χ4n) is 3.30. The van der Waals surface area contributed by atoms with Crippen LogP contribution in [0.2, 0.25) is 5.02 Å². The molecular weight excluding hydrogens is 492 g/mol.